The van der Waals surface area contributed by atoms with Gasteiger partial charge in [0, 0.05) is 25.1 Å². The van der Waals surface area contributed by atoms with Crippen LogP contribution in [-0.2, 0) is 9.59 Å². The molecule has 1 aliphatic rings. The molecule has 1 aliphatic heterocycles. The van der Waals surface area contributed by atoms with Gasteiger partial charge in [-0.3, -0.25) is 14.5 Å². The Labute approximate surface area is 152 Å². The summed E-state index contributed by atoms with van der Waals surface area (Å²) >= 11 is 0. The van der Waals surface area contributed by atoms with Crippen molar-refractivity contribution in [2.45, 2.75) is 48.6 Å². The molecule has 0 aliphatic carbocycles. The van der Waals surface area contributed by atoms with Gasteiger partial charge in [-0.05, 0) is 6.42 Å². The van der Waals surface area contributed by atoms with Crippen LogP contribution in [0.5, 0.6) is 0 Å². The monoisotopic (exact) mass is 457 g/mol. The maximum Gasteiger partial charge on any atom is 0.460 e. The lowest BCUT2D eigenvalue weighted by atomic mass is 9.92. The van der Waals surface area contributed by atoms with Gasteiger partial charge in [-0.2, -0.15) is 57.1 Å². The second-order valence-corrected chi connectivity index (χ2v) is 5.76. The third-order valence-electron chi connectivity index (χ3n) is 3.77. The number of halogens is 13. The summed E-state index contributed by atoms with van der Waals surface area (Å²) in [5, 5.41) is 0. The van der Waals surface area contributed by atoms with E-state index >= 15 is 0 Å². The van der Waals surface area contributed by atoms with Crippen molar-refractivity contribution in [3.05, 3.63) is 12.2 Å². The molecular formula is C13H8F13NO2. The molecule has 29 heavy (non-hydrogen) atoms. The predicted molar refractivity (Wildman–Crippen MR) is 65.9 cm³/mol. The van der Waals surface area contributed by atoms with E-state index < -0.39 is 67.0 Å². The van der Waals surface area contributed by atoms with Crippen molar-refractivity contribution >= 4 is 11.8 Å². The number of imide groups is 1. The highest BCUT2D eigenvalue weighted by Crippen LogP contribution is 2.60. The molecule has 3 nitrogen and oxygen atoms in total. The van der Waals surface area contributed by atoms with Crippen LogP contribution in [0.3, 0.4) is 0 Å². The molecule has 0 fully saturated rings. The molecule has 2 amide bonds. The van der Waals surface area contributed by atoms with Crippen LogP contribution < -0.4 is 0 Å². The molecule has 0 saturated carbocycles. The van der Waals surface area contributed by atoms with Gasteiger partial charge in [0.05, 0.1) is 0 Å². The maximum absolute atomic E-state index is 13.5. The van der Waals surface area contributed by atoms with E-state index in [0.717, 1.165) is 0 Å². The van der Waals surface area contributed by atoms with E-state index in [2.05, 4.69) is 0 Å². The summed E-state index contributed by atoms with van der Waals surface area (Å²) in [5.41, 5.74) is 0. The Morgan fingerprint density at radius 2 is 1.00 bits per heavy atom. The molecule has 0 N–H and O–H groups in total. The highest BCUT2D eigenvalue weighted by Gasteiger charge is 2.90. The average Bonchev–Trinajstić information content (AvgIpc) is 2.84. The summed E-state index contributed by atoms with van der Waals surface area (Å²) in [6, 6.07) is 0. The zero-order valence-corrected chi connectivity index (χ0v) is 13.5. The molecule has 1 heterocycles. The summed E-state index contributed by atoms with van der Waals surface area (Å²) in [5.74, 6) is -39.4. The molecule has 0 unspecified atom stereocenters. The molecule has 16 heteroatoms. The van der Waals surface area contributed by atoms with E-state index in [0.29, 0.717) is 12.2 Å². The number of alkyl halides is 13. The number of carbonyl (C=O) groups is 2. The van der Waals surface area contributed by atoms with Crippen LogP contribution in [-0.4, -0.2) is 59.0 Å². The SMILES string of the molecule is O=C1C=CC(=O)N1CCCC(F)(F)C(F)(F)C(F)(F)C(F)(F)C(F)(F)C(F)(F)F. The Hall–Kier alpha value is -2.03. The van der Waals surface area contributed by atoms with E-state index in [-0.39, 0.29) is 4.90 Å². The first-order chi connectivity index (χ1) is 12.6. The van der Waals surface area contributed by atoms with Crippen molar-refractivity contribution in [2.75, 3.05) is 6.54 Å². The van der Waals surface area contributed by atoms with E-state index in [1.54, 1.807) is 0 Å². The molecule has 0 spiro atoms. The molecule has 0 radical (unpaired) electrons. The lowest BCUT2D eigenvalue weighted by molar-refractivity contribution is -0.440. The van der Waals surface area contributed by atoms with E-state index in [1.807, 2.05) is 0 Å². The zero-order valence-electron chi connectivity index (χ0n) is 13.5. The van der Waals surface area contributed by atoms with Crippen LogP contribution in [0.25, 0.3) is 0 Å². The molecule has 168 valence electrons. The lowest BCUT2D eigenvalue weighted by Gasteiger charge is -2.39. The quantitative estimate of drug-likeness (QED) is 0.400. The van der Waals surface area contributed by atoms with Crippen LogP contribution in [0.2, 0.25) is 0 Å². The minimum Gasteiger partial charge on any atom is -0.275 e. The Kier molecular flexibility index (Phi) is 6.07. The Balaban J connectivity index is 3.09. The predicted octanol–water partition coefficient (Wildman–Crippen LogP) is 4.43. The third-order valence-corrected chi connectivity index (χ3v) is 3.77. The zero-order chi connectivity index (χ0) is 23.3. The highest BCUT2D eigenvalue weighted by atomic mass is 19.4. The van der Waals surface area contributed by atoms with Crippen LogP contribution in [0.1, 0.15) is 12.8 Å². The molecule has 0 aromatic carbocycles. The summed E-state index contributed by atoms with van der Waals surface area (Å²) < 4.78 is 167. The lowest BCUT2D eigenvalue weighted by Crippen LogP contribution is -2.70. The van der Waals surface area contributed by atoms with Gasteiger partial charge in [-0.1, -0.05) is 0 Å². The smallest absolute Gasteiger partial charge is 0.275 e. The van der Waals surface area contributed by atoms with E-state index in [1.165, 1.54) is 0 Å². The third kappa shape index (κ3) is 3.76. The summed E-state index contributed by atoms with van der Waals surface area (Å²) in [6.45, 7) is -1.07. The largest absolute Gasteiger partial charge is 0.460 e. The Morgan fingerprint density at radius 3 is 1.38 bits per heavy atom. The van der Waals surface area contributed by atoms with Gasteiger partial charge in [-0.15, -0.1) is 0 Å². The fourth-order valence-electron chi connectivity index (χ4n) is 2.07. The minimum absolute atomic E-state index is 0.179. The molecule has 0 bridgehead atoms. The van der Waals surface area contributed by atoms with Crippen LogP contribution in [0.15, 0.2) is 12.2 Å². The molecule has 1 rings (SSSR count). The fourth-order valence-corrected chi connectivity index (χ4v) is 2.07. The maximum atomic E-state index is 13.5. The number of rotatable bonds is 8. The number of nitrogens with zero attached hydrogens (tertiary/aromatic N) is 1. The number of hydrogen-bond donors (Lipinski definition) is 0. The van der Waals surface area contributed by atoms with E-state index in [4.69, 9.17) is 0 Å². The topological polar surface area (TPSA) is 37.4 Å². The van der Waals surface area contributed by atoms with Gasteiger partial charge >= 0.3 is 35.8 Å². The van der Waals surface area contributed by atoms with Crippen molar-refractivity contribution in [3.63, 3.8) is 0 Å². The first-order valence-electron chi connectivity index (χ1n) is 7.14. The Morgan fingerprint density at radius 1 is 0.621 bits per heavy atom. The van der Waals surface area contributed by atoms with Crippen molar-refractivity contribution in [3.8, 4) is 0 Å². The van der Waals surface area contributed by atoms with Crippen LogP contribution >= 0.6 is 0 Å². The summed E-state index contributed by atoms with van der Waals surface area (Å²) in [4.78, 5) is 22.4. The van der Waals surface area contributed by atoms with Gasteiger partial charge in [0.15, 0.2) is 0 Å². The van der Waals surface area contributed by atoms with Crippen LogP contribution in [0, 0.1) is 0 Å². The van der Waals surface area contributed by atoms with Crippen LogP contribution in [0.4, 0.5) is 57.1 Å². The van der Waals surface area contributed by atoms with Gasteiger partial charge in [0.25, 0.3) is 11.8 Å². The van der Waals surface area contributed by atoms with Crippen molar-refractivity contribution in [1.82, 2.24) is 4.90 Å². The van der Waals surface area contributed by atoms with Crippen molar-refractivity contribution in [1.29, 1.82) is 0 Å². The van der Waals surface area contributed by atoms with Gasteiger partial charge in [0.2, 0.25) is 0 Å². The van der Waals surface area contributed by atoms with Gasteiger partial charge < -0.3 is 0 Å². The molecule has 0 aromatic rings. The summed E-state index contributed by atoms with van der Waals surface area (Å²) in [7, 11) is 0. The molecular weight excluding hydrogens is 449 g/mol. The number of carbonyl (C=O) groups excluding carboxylic acids is 2. The van der Waals surface area contributed by atoms with Crippen molar-refractivity contribution < 1.29 is 66.7 Å². The van der Waals surface area contributed by atoms with Gasteiger partial charge in [-0.25, -0.2) is 0 Å². The first kappa shape index (κ1) is 25.0. The minimum atomic E-state index is -7.95. The summed E-state index contributed by atoms with van der Waals surface area (Å²) in [6.07, 6.45) is -10.1. The molecule has 0 aromatic heterocycles. The number of amides is 2. The number of hydrogen-bond acceptors (Lipinski definition) is 2. The fraction of sp³-hybridized carbons (Fsp3) is 0.692. The second kappa shape index (κ2) is 7.04. The first-order valence-corrected chi connectivity index (χ1v) is 7.14. The molecule has 0 atom stereocenters. The second-order valence-electron chi connectivity index (χ2n) is 5.76. The van der Waals surface area contributed by atoms with Crippen molar-refractivity contribution in [2.24, 2.45) is 0 Å². The van der Waals surface area contributed by atoms with E-state index in [9.17, 15) is 66.7 Å². The standard InChI is InChI=1S/C13H8F13NO2/c14-8(15,4-1-5-27-6(28)2-3-7(27)29)9(16,17)10(18,19)11(20,21)12(22,23)13(24,25)26/h2-3H,1,4-5H2. The Bertz CT molecular complexity index is 677. The molecule has 0 saturated heterocycles. The highest BCUT2D eigenvalue weighted by molar-refractivity contribution is 6.12. The average molecular weight is 457 g/mol. The normalized spacial score (nSPS) is 17.5. The van der Waals surface area contributed by atoms with Gasteiger partial charge in [0.1, 0.15) is 0 Å².